The van der Waals surface area contributed by atoms with Crippen molar-refractivity contribution in [2.24, 2.45) is 0 Å². The van der Waals surface area contributed by atoms with E-state index >= 15 is 0 Å². The van der Waals surface area contributed by atoms with Crippen LogP contribution in [-0.4, -0.2) is 79.7 Å². The minimum atomic E-state index is -2.28. The predicted octanol–water partition coefficient (Wildman–Crippen LogP) is -2.32. The standard InChI is InChI=1S/C12H14O13/c13-4(12(23)25-6(11(21)22)3-8(16)17)1-9(18)24-5(10(19)20)2-7(14)15/h4-6,13H,1-3H2,(H,14,15)(H,16,17)(H,19,20)(H,21,22). The molecule has 0 saturated heterocycles. The molecule has 3 atom stereocenters. The molecule has 0 bridgehead atoms. The van der Waals surface area contributed by atoms with Crippen LogP contribution in [0.1, 0.15) is 19.3 Å². The number of carboxylic acid groups (broad SMARTS) is 4. The van der Waals surface area contributed by atoms with Crippen molar-refractivity contribution < 1.29 is 63.8 Å². The molecule has 0 aromatic rings. The molecule has 5 N–H and O–H groups in total. The van der Waals surface area contributed by atoms with E-state index in [-0.39, 0.29) is 0 Å². The Kier molecular flexibility index (Phi) is 8.55. The van der Waals surface area contributed by atoms with E-state index in [2.05, 4.69) is 9.47 Å². The van der Waals surface area contributed by atoms with Gasteiger partial charge in [-0.2, -0.15) is 0 Å². The van der Waals surface area contributed by atoms with Gasteiger partial charge in [0.15, 0.2) is 6.10 Å². The molecular weight excluding hydrogens is 352 g/mol. The third kappa shape index (κ3) is 8.85. The monoisotopic (exact) mass is 366 g/mol. The molecule has 0 heterocycles. The summed E-state index contributed by atoms with van der Waals surface area (Å²) in [6, 6.07) is 0. The van der Waals surface area contributed by atoms with Crippen molar-refractivity contribution in [1.29, 1.82) is 0 Å². The maximum absolute atomic E-state index is 11.4. The highest BCUT2D eigenvalue weighted by atomic mass is 16.6. The quantitative estimate of drug-likeness (QED) is 0.242. The first-order valence-electron chi connectivity index (χ1n) is 6.41. The zero-order valence-electron chi connectivity index (χ0n) is 12.4. The van der Waals surface area contributed by atoms with Gasteiger partial charge in [0.25, 0.3) is 0 Å². The molecule has 0 saturated carbocycles. The molecule has 0 aromatic carbocycles. The average Bonchev–Trinajstić information content (AvgIpc) is 2.44. The number of carbonyl (C=O) groups is 6. The van der Waals surface area contributed by atoms with Crippen LogP contribution in [-0.2, 0) is 38.2 Å². The number of rotatable bonds is 11. The minimum Gasteiger partial charge on any atom is -0.481 e. The summed E-state index contributed by atoms with van der Waals surface area (Å²) < 4.78 is 8.48. The Bertz CT molecular complexity index is 565. The second kappa shape index (κ2) is 9.82. The van der Waals surface area contributed by atoms with Gasteiger partial charge in [0, 0.05) is 0 Å². The van der Waals surface area contributed by atoms with Crippen molar-refractivity contribution in [2.75, 3.05) is 0 Å². The van der Waals surface area contributed by atoms with E-state index in [0.717, 1.165) is 0 Å². The summed E-state index contributed by atoms with van der Waals surface area (Å²) >= 11 is 0. The fourth-order valence-electron chi connectivity index (χ4n) is 1.34. The third-order valence-electron chi connectivity index (χ3n) is 2.44. The topological polar surface area (TPSA) is 222 Å². The summed E-state index contributed by atoms with van der Waals surface area (Å²) in [6.07, 6.45) is -9.79. The molecule has 0 aromatic heterocycles. The van der Waals surface area contributed by atoms with E-state index in [1.807, 2.05) is 0 Å². The number of aliphatic carboxylic acids is 4. The molecule has 25 heavy (non-hydrogen) atoms. The Morgan fingerprint density at radius 3 is 1.44 bits per heavy atom. The maximum Gasteiger partial charge on any atom is 0.345 e. The molecule has 0 radical (unpaired) electrons. The van der Waals surface area contributed by atoms with E-state index in [1.165, 1.54) is 0 Å². The van der Waals surface area contributed by atoms with Gasteiger partial charge < -0.3 is 35.0 Å². The Hall–Kier alpha value is -3.22. The summed E-state index contributed by atoms with van der Waals surface area (Å²) in [5, 5.41) is 43.6. The van der Waals surface area contributed by atoms with Gasteiger partial charge in [-0.25, -0.2) is 14.4 Å². The van der Waals surface area contributed by atoms with Crippen LogP contribution >= 0.6 is 0 Å². The predicted molar refractivity (Wildman–Crippen MR) is 70.2 cm³/mol. The van der Waals surface area contributed by atoms with Gasteiger partial charge in [-0.15, -0.1) is 0 Å². The highest BCUT2D eigenvalue weighted by molar-refractivity contribution is 5.87. The smallest absolute Gasteiger partial charge is 0.345 e. The minimum absolute atomic E-state index is 1.07. The van der Waals surface area contributed by atoms with E-state index in [4.69, 9.17) is 20.4 Å². The second-order valence-electron chi connectivity index (χ2n) is 4.50. The lowest BCUT2D eigenvalue weighted by Crippen LogP contribution is -2.36. The molecule has 0 fully saturated rings. The van der Waals surface area contributed by atoms with Crippen molar-refractivity contribution in [2.45, 2.75) is 37.6 Å². The molecule has 0 aliphatic heterocycles. The van der Waals surface area contributed by atoms with Gasteiger partial charge in [0.05, 0.1) is 19.3 Å². The molecule has 0 amide bonds. The van der Waals surface area contributed by atoms with Gasteiger partial charge in [-0.05, 0) is 0 Å². The fraction of sp³-hybridized carbons (Fsp3) is 0.500. The number of aliphatic hydroxyl groups excluding tert-OH is 1. The largest absolute Gasteiger partial charge is 0.481 e. The highest BCUT2D eigenvalue weighted by Crippen LogP contribution is 2.07. The number of esters is 2. The molecular formula is C12H14O13. The molecule has 13 heteroatoms. The molecule has 140 valence electrons. The number of carbonyl (C=O) groups excluding carboxylic acids is 2. The van der Waals surface area contributed by atoms with Crippen LogP contribution < -0.4 is 0 Å². The summed E-state index contributed by atoms with van der Waals surface area (Å²) in [6.45, 7) is 0. The van der Waals surface area contributed by atoms with E-state index in [1.54, 1.807) is 0 Å². The summed E-state index contributed by atoms with van der Waals surface area (Å²) in [7, 11) is 0. The SMILES string of the molecule is O=C(O)CC(OC(=O)CC(O)C(=O)OC(CC(=O)O)C(=O)O)C(=O)O. The number of hydrogen-bond acceptors (Lipinski definition) is 9. The third-order valence-corrected chi connectivity index (χ3v) is 2.44. The number of ether oxygens (including phenoxy) is 2. The molecule has 3 unspecified atom stereocenters. The van der Waals surface area contributed by atoms with Crippen molar-refractivity contribution >= 4 is 35.8 Å². The zero-order valence-corrected chi connectivity index (χ0v) is 12.4. The number of carboxylic acids is 4. The van der Waals surface area contributed by atoms with Crippen LogP contribution in [0.15, 0.2) is 0 Å². The Balaban J connectivity index is 4.70. The van der Waals surface area contributed by atoms with Crippen LogP contribution in [0.2, 0.25) is 0 Å². The number of aliphatic hydroxyl groups is 1. The van der Waals surface area contributed by atoms with Crippen molar-refractivity contribution in [3.05, 3.63) is 0 Å². The zero-order chi connectivity index (χ0) is 19.7. The first-order valence-corrected chi connectivity index (χ1v) is 6.41. The maximum atomic E-state index is 11.4. The first-order chi connectivity index (χ1) is 11.4. The van der Waals surface area contributed by atoms with Crippen molar-refractivity contribution in [3.63, 3.8) is 0 Å². The van der Waals surface area contributed by atoms with Crippen LogP contribution in [0.3, 0.4) is 0 Å². The second-order valence-corrected chi connectivity index (χ2v) is 4.50. The Morgan fingerprint density at radius 2 is 1.08 bits per heavy atom. The molecule has 0 spiro atoms. The molecule has 0 aliphatic rings. The molecule has 0 aliphatic carbocycles. The van der Waals surface area contributed by atoms with E-state index < -0.39 is 73.4 Å². The lowest BCUT2D eigenvalue weighted by atomic mass is 10.2. The van der Waals surface area contributed by atoms with E-state index in [0.29, 0.717) is 0 Å². The van der Waals surface area contributed by atoms with Gasteiger partial charge >= 0.3 is 35.8 Å². The lowest BCUT2D eigenvalue weighted by Gasteiger charge is -2.16. The normalized spacial score (nSPS) is 13.8. The molecule has 0 rings (SSSR count). The summed E-state index contributed by atoms with van der Waals surface area (Å²) in [4.78, 5) is 65.1. The van der Waals surface area contributed by atoms with E-state index in [9.17, 15) is 33.9 Å². The van der Waals surface area contributed by atoms with Crippen LogP contribution in [0.25, 0.3) is 0 Å². The summed E-state index contributed by atoms with van der Waals surface area (Å²) in [5.74, 6) is -9.90. The van der Waals surface area contributed by atoms with Crippen molar-refractivity contribution in [1.82, 2.24) is 0 Å². The van der Waals surface area contributed by atoms with Gasteiger partial charge in [-0.1, -0.05) is 0 Å². The van der Waals surface area contributed by atoms with Gasteiger partial charge in [0.1, 0.15) is 0 Å². The fourth-order valence-corrected chi connectivity index (χ4v) is 1.34. The van der Waals surface area contributed by atoms with Gasteiger partial charge in [-0.3, -0.25) is 14.4 Å². The van der Waals surface area contributed by atoms with Gasteiger partial charge in [0.2, 0.25) is 12.2 Å². The van der Waals surface area contributed by atoms with Crippen LogP contribution in [0, 0.1) is 0 Å². The molecule has 13 nitrogen and oxygen atoms in total. The van der Waals surface area contributed by atoms with Crippen LogP contribution in [0.4, 0.5) is 0 Å². The number of hydrogen-bond donors (Lipinski definition) is 5. The van der Waals surface area contributed by atoms with Crippen molar-refractivity contribution in [3.8, 4) is 0 Å². The lowest BCUT2D eigenvalue weighted by molar-refractivity contribution is -0.176. The highest BCUT2D eigenvalue weighted by Gasteiger charge is 2.31. The summed E-state index contributed by atoms with van der Waals surface area (Å²) in [5.41, 5.74) is 0. The average molecular weight is 366 g/mol. The first kappa shape index (κ1) is 21.8. The Labute approximate surface area is 138 Å². The Morgan fingerprint density at radius 1 is 0.680 bits per heavy atom. The van der Waals surface area contributed by atoms with Crippen LogP contribution in [0.5, 0.6) is 0 Å².